The fourth-order valence-electron chi connectivity index (χ4n) is 3.51. The molecule has 1 N–H and O–H groups in total. The number of aryl methyl sites for hydroxylation is 1. The molecule has 0 aliphatic carbocycles. The number of imidazole rings is 1. The predicted octanol–water partition coefficient (Wildman–Crippen LogP) is 2.92. The maximum absolute atomic E-state index is 12.5. The molecule has 3 aromatic rings. The molecule has 2 heterocycles. The van der Waals surface area contributed by atoms with E-state index in [9.17, 15) is 4.79 Å². The number of rotatable bonds is 7. The third-order valence-corrected chi connectivity index (χ3v) is 5.06. The summed E-state index contributed by atoms with van der Waals surface area (Å²) in [7, 11) is 0. The Kier molecular flexibility index (Phi) is 5.99. The number of para-hydroxylation sites is 2. The minimum atomic E-state index is -0.132. The summed E-state index contributed by atoms with van der Waals surface area (Å²) >= 11 is 0. The van der Waals surface area contributed by atoms with Crippen molar-refractivity contribution in [3.63, 3.8) is 0 Å². The summed E-state index contributed by atoms with van der Waals surface area (Å²) in [6, 6.07) is 18.0. The highest BCUT2D eigenvalue weighted by Gasteiger charge is 2.27. The van der Waals surface area contributed by atoms with E-state index in [0.29, 0.717) is 32.8 Å². The van der Waals surface area contributed by atoms with Gasteiger partial charge in [-0.3, -0.25) is 4.79 Å². The molecular weight excluding hydrogens is 354 g/mol. The van der Waals surface area contributed by atoms with Crippen molar-refractivity contribution in [1.82, 2.24) is 14.9 Å². The first-order chi connectivity index (χ1) is 13.8. The van der Waals surface area contributed by atoms with Crippen LogP contribution in [0.1, 0.15) is 18.4 Å². The van der Waals surface area contributed by atoms with Crippen LogP contribution in [0.3, 0.4) is 0 Å². The van der Waals surface area contributed by atoms with Gasteiger partial charge < -0.3 is 19.4 Å². The minimum absolute atomic E-state index is 0.0236. The van der Waals surface area contributed by atoms with Crippen molar-refractivity contribution >= 4 is 16.9 Å². The van der Waals surface area contributed by atoms with Crippen molar-refractivity contribution < 1.29 is 14.3 Å². The Labute approximate surface area is 164 Å². The maximum Gasteiger partial charge on any atom is 0.222 e. The van der Waals surface area contributed by atoms with Gasteiger partial charge in [0, 0.05) is 19.6 Å². The number of benzene rings is 2. The lowest BCUT2D eigenvalue weighted by Gasteiger charge is -2.32. The molecule has 1 saturated heterocycles. The quantitative estimate of drug-likeness (QED) is 0.686. The molecule has 1 aliphatic rings. The summed E-state index contributed by atoms with van der Waals surface area (Å²) in [6.07, 6.45) is 2.83. The van der Waals surface area contributed by atoms with Crippen LogP contribution in [0.2, 0.25) is 0 Å². The Balaban J connectivity index is 1.30. The first-order valence-electron chi connectivity index (χ1n) is 9.72. The van der Waals surface area contributed by atoms with Gasteiger partial charge in [0.15, 0.2) is 0 Å². The van der Waals surface area contributed by atoms with Crippen LogP contribution in [0.25, 0.3) is 11.0 Å². The van der Waals surface area contributed by atoms with E-state index in [-0.39, 0.29) is 18.1 Å². The molecule has 0 saturated carbocycles. The lowest BCUT2D eigenvalue weighted by atomic mass is 10.1. The second kappa shape index (κ2) is 8.99. The molecule has 2 atom stereocenters. The fraction of sp³-hybridized carbons (Fsp3) is 0.364. The van der Waals surface area contributed by atoms with Gasteiger partial charge >= 0.3 is 0 Å². The number of carbonyl (C=O) groups excluding carboxylic acids is 1. The highest BCUT2D eigenvalue weighted by Crippen LogP contribution is 2.15. The summed E-state index contributed by atoms with van der Waals surface area (Å²) in [5, 5.41) is 3.14. The molecule has 2 aromatic carbocycles. The minimum Gasteiger partial charge on any atom is -0.379 e. The largest absolute Gasteiger partial charge is 0.379 e. The summed E-state index contributed by atoms with van der Waals surface area (Å²) in [5.41, 5.74) is 3.11. The Morgan fingerprint density at radius 2 is 2.00 bits per heavy atom. The Bertz CT molecular complexity index is 910. The van der Waals surface area contributed by atoms with Gasteiger partial charge in [0.2, 0.25) is 5.91 Å². The fourth-order valence-corrected chi connectivity index (χ4v) is 3.51. The van der Waals surface area contributed by atoms with E-state index in [4.69, 9.17) is 9.47 Å². The van der Waals surface area contributed by atoms with Gasteiger partial charge in [-0.1, -0.05) is 42.5 Å². The molecular formula is C22H25N3O3. The van der Waals surface area contributed by atoms with Gasteiger partial charge in [0.1, 0.15) is 6.10 Å². The van der Waals surface area contributed by atoms with E-state index in [1.807, 2.05) is 59.2 Å². The standard InChI is InChI=1S/C22H25N3O3/c26-22(10-12-25-16-23-18-8-4-5-9-20(18)25)24-19-11-13-27-15-21(19)28-14-17-6-2-1-3-7-17/h1-9,16,19,21H,10-15H2,(H,24,26). The number of ether oxygens (including phenoxy) is 2. The third-order valence-electron chi connectivity index (χ3n) is 5.06. The highest BCUT2D eigenvalue weighted by atomic mass is 16.5. The molecule has 1 fully saturated rings. The zero-order valence-electron chi connectivity index (χ0n) is 15.8. The predicted molar refractivity (Wildman–Crippen MR) is 107 cm³/mol. The SMILES string of the molecule is O=C(CCn1cnc2ccccc21)NC1CCOCC1OCc1ccccc1. The monoisotopic (exact) mass is 379 g/mol. The second-order valence-electron chi connectivity index (χ2n) is 7.05. The Hall–Kier alpha value is -2.70. The zero-order valence-corrected chi connectivity index (χ0v) is 15.8. The maximum atomic E-state index is 12.5. The van der Waals surface area contributed by atoms with E-state index in [1.165, 1.54) is 0 Å². The van der Waals surface area contributed by atoms with Crippen molar-refractivity contribution in [1.29, 1.82) is 0 Å². The normalized spacial score (nSPS) is 19.6. The van der Waals surface area contributed by atoms with Crippen LogP contribution in [0.5, 0.6) is 0 Å². The van der Waals surface area contributed by atoms with Crippen molar-refractivity contribution in [3.05, 3.63) is 66.5 Å². The van der Waals surface area contributed by atoms with E-state index in [0.717, 1.165) is 23.0 Å². The lowest BCUT2D eigenvalue weighted by Crippen LogP contribution is -2.50. The summed E-state index contributed by atoms with van der Waals surface area (Å²) in [4.78, 5) is 16.9. The number of nitrogens with zero attached hydrogens (tertiary/aromatic N) is 2. The smallest absolute Gasteiger partial charge is 0.222 e. The lowest BCUT2D eigenvalue weighted by molar-refractivity contribution is -0.126. The number of carbonyl (C=O) groups is 1. The summed E-state index contributed by atoms with van der Waals surface area (Å²) < 4.78 is 13.6. The molecule has 1 aromatic heterocycles. The third kappa shape index (κ3) is 4.58. The molecule has 6 nitrogen and oxygen atoms in total. The van der Waals surface area contributed by atoms with E-state index < -0.39 is 0 Å². The number of nitrogens with one attached hydrogen (secondary N) is 1. The summed E-state index contributed by atoms with van der Waals surface area (Å²) in [6.45, 7) is 2.26. The van der Waals surface area contributed by atoms with E-state index >= 15 is 0 Å². The molecule has 6 heteroatoms. The van der Waals surface area contributed by atoms with Crippen LogP contribution < -0.4 is 5.32 Å². The van der Waals surface area contributed by atoms with Gasteiger partial charge in [0.05, 0.1) is 36.6 Å². The van der Waals surface area contributed by atoms with Crippen molar-refractivity contribution in [2.75, 3.05) is 13.2 Å². The van der Waals surface area contributed by atoms with Crippen LogP contribution in [-0.2, 0) is 27.4 Å². The topological polar surface area (TPSA) is 65.4 Å². The molecule has 28 heavy (non-hydrogen) atoms. The summed E-state index contributed by atoms with van der Waals surface area (Å²) in [5.74, 6) is 0.0259. The molecule has 4 rings (SSSR count). The van der Waals surface area contributed by atoms with Crippen LogP contribution >= 0.6 is 0 Å². The molecule has 0 radical (unpaired) electrons. The highest BCUT2D eigenvalue weighted by molar-refractivity contribution is 5.77. The number of hydrogen-bond donors (Lipinski definition) is 1. The molecule has 1 amide bonds. The first-order valence-corrected chi connectivity index (χ1v) is 9.72. The van der Waals surface area contributed by atoms with Gasteiger partial charge in [-0.15, -0.1) is 0 Å². The zero-order chi connectivity index (χ0) is 19.2. The van der Waals surface area contributed by atoms with Crippen molar-refractivity contribution in [3.8, 4) is 0 Å². The van der Waals surface area contributed by atoms with Gasteiger partial charge in [-0.25, -0.2) is 4.98 Å². The van der Waals surface area contributed by atoms with Crippen LogP contribution in [0, 0.1) is 0 Å². The van der Waals surface area contributed by atoms with Gasteiger partial charge in [-0.05, 0) is 24.1 Å². The number of amides is 1. The van der Waals surface area contributed by atoms with E-state index in [2.05, 4.69) is 10.3 Å². The average Bonchev–Trinajstić information content (AvgIpc) is 3.16. The Morgan fingerprint density at radius 1 is 1.18 bits per heavy atom. The van der Waals surface area contributed by atoms with Crippen LogP contribution in [-0.4, -0.2) is 40.8 Å². The second-order valence-corrected chi connectivity index (χ2v) is 7.05. The van der Waals surface area contributed by atoms with E-state index in [1.54, 1.807) is 6.33 Å². The van der Waals surface area contributed by atoms with Crippen molar-refractivity contribution in [2.24, 2.45) is 0 Å². The molecule has 146 valence electrons. The number of hydrogen-bond acceptors (Lipinski definition) is 4. The average molecular weight is 379 g/mol. The van der Waals surface area contributed by atoms with Gasteiger partial charge in [0.25, 0.3) is 0 Å². The molecule has 0 bridgehead atoms. The van der Waals surface area contributed by atoms with Gasteiger partial charge in [-0.2, -0.15) is 0 Å². The van der Waals surface area contributed by atoms with Crippen LogP contribution in [0.15, 0.2) is 60.9 Å². The number of aromatic nitrogens is 2. The molecule has 0 spiro atoms. The Morgan fingerprint density at radius 3 is 2.89 bits per heavy atom. The van der Waals surface area contributed by atoms with Crippen LogP contribution in [0.4, 0.5) is 0 Å². The number of fused-ring (bicyclic) bond motifs is 1. The van der Waals surface area contributed by atoms with Crippen molar-refractivity contribution in [2.45, 2.75) is 38.1 Å². The molecule has 2 unspecified atom stereocenters. The molecule has 1 aliphatic heterocycles. The first kappa shape index (κ1) is 18.7.